The van der Waals surface area contributed by atoms with Gasteiger partial charge in [-0.05, 0) is 35.6 Å². The van der Waals surface area contributed by atoms with Gasteiger partial charge in [0, 0.05) is 30.0 Å². The molecule has 1 heterocycles. The molecule has 0 unspecified atom stereocenters. The zero-order valence-corrected chi connectivity index (χ0v) is 17.2. The third kappa shape index (κ3) is 2.94. The van der Waals surface area contributed by atoms with Gasteiger partial charge in [-0.1, -0.05) is 84.9 Å². The van der Waals surface area contributed by atoms with Gasteiger partial charge in [0.05, 0.1) is 0 Å². The average molecular weight is 409 g/mol. The molecule has 0 saturated carbocycles. The van der Waals surface area contributed by atoms with Crippen LogP contribution in [0.1, 0.15) is 31.9 Å². The van der Waals surface area contributed by atoms with Gasteiger partial charge in [-0.2, -0.15) is 0 Å². The van der Waals surface area contributed by atoms with Crippen molar-refractivity contribution in [3.05, 3.63) is 70.7 Å². The number of rotatable bonds is 2. The predicted octanol–water partition coefficient (Wildman–Crippen LogP) is 8.67. The summed E-state index contributed by atoms with van der Waals surface area (Å²) >= 11 is 5.45. The number of halogens is 1. The molecule has 0 fully saturated rings. The highest BCUT2D eigenvalue weighted by Crippen LogP contribution is 2.44. The highest BCUT2D eigenvalue weighted by atomic mass is 79.9. The molecule has 2 heteroatoms. The van der Waals surface area contributed by atoms with E-state index in [2.05, 4.69) is 84.0 Å². The van der Waals surface area contributed by atoms with Crippen LogP contribution in [0.15, 0.2) is 59.6 Å². The Kier molecular flexibility index (Phi) is 5.41. The van der Waals surface area contributed by atoms with Crippen LogP contribution in [0.25, 0.3) is 43.1 Å². The van der Waals surface area contributed by atoms with Gasteiger partial charge in [-0.3, -0.25) is 0 Å². The smallest absolute Gasteiger partial charge is 0.0440 e. The Morgan fingerprint density at radius 3 is 2.36 bits per heavy atom. The fourth-order valence-corrected chi connectivity index (χ4v) is 5.09. The highest BCUT2D eigenvalue weighted by Gasteiger charge is 2.15. The van der Waals surface area contributed by atoms with Gasteiger partial charge in [0.15, 0.2) is 0 Å². The van der Waals surface area contributed by atoms with Gasteiger partial charge in [0.2, 0.25) is 0 Å². The van der Waals surface area contributed by atoms with E-state index in [4.69, 9.17) is 0 Å². The van der Waals surface area contributed by atoms with Crippen molar-refractivity contribution in [2.45, 2.75) is 20.8 Å². The monoisotopic (exact) mass is 408 g/mol. The fourth-order valence-electron chi connectivity index (χ4n) is 3.28. The maximum absolute atomic E-state index is 4.10. The molecule has 0 aliphatic carbocycles. The van der Waals surface area contributed by atoms with Crippen molar-refractivity contribution in [3.63, 3.8) is 0 Å². The molecule has 0 amide bonds. The van der Waals surface area contributed by atoms with Crippen LogP contribution in [-0.2, 0) is 0 Å². The predicted molar refractivity (Wildman–Crippen MR) is 121 cm³/mol. The SMILES string of the molecule is C=Cc1c(/C=C\C)c2ccccc2c2sc3cc(Br)ccc3c12.CC. The molecule has 25 heavy (non-hydrogen) atoms. The first-order valence-corrected chi connectivity index (χ1v) is 10.2. The van der Waals surface area contributed by atoms with Crippen LogP contribution in [0.4, 0.5) is 0 Å². The van der Waals surface area contributed by atoms with Crippen LogP contribution in [0, 0.1) is 0 Å². The summed E-state index contributed by atoms with van der Waals surface area (Å²) in [5, 5.41) is 5.23. The molecule has 4 aromatic rings. The Bertz CT molecular complexity index is 1100. The van der Waals surface area contributed by atoms with Crippen molar-refractivity contribution < 1.29 is 0 Å². The second-order valence-corrected chi connectivity index (χ2v) is 7.49. The number of allylic oxidation sites excluding steroid dienone is 1. The van der Waals surface area contributed by atoms with Crippen molar-refractivity contribution in [2.24, 2.45) is 0 Å². The lowest BCUT2D eigenvalue weighted by molar-refractivity contribution is 1.50. The molecule has 4 rings (SSSR count). The van der Waals surface area contributed by atoms with Crippen molar-refractivity contribution in [3.8, 4) is 0 Å². The largest absolute Gasteiger partial charge is 0.134 e. The van der Waals surface area contributed by atoms with Crippen molar-refractivity contribution >= 4 is 70.4 Å². The van der Waals surface area contributed by atoms with Crippen LogP contribution in [0.2, 0.25) is 0 Å². The van der Waals surface area contributed by atoms with Gasteiger partial charge in [-0.15, -0.1) is 11.3 Å². The van der Waals surface area contributed by atoms with E-state index in [-0.39, 0.29) is 0 Å². The van der Waals surface area contributed by atoms with E-state index >= 15 is 0 Å². The molecule has 126 valence electrons. The van der Waals surface area contributed by atoms with Gasteiger partial charge < -0.3 is 0 Å². The zero-order chi connectivity index (χ0) is 18.0. The topological polar surface area (TPSA) is 0 Å². The molecule has 0 aliphatic heterocycles. The molecule has 0 N–H and O–H groups in total. The van der Waals surface area contributed by atoms with Crippen molar-refractivity contribution in [1.82, 2.24) is 0 Å². The molecule has 0 atom stereocenters. The average Bonchev–Trinajstić information content (AvgIpc) is 3.02. The fraction of sp³-hybridized carbons (Fsp3) is 0.130. The third-order valence-electron chi connectivity index (χ3n) is 4.21. The summed E-state index contributed by atoms with van der Waals surface area (Å²) in [6.07, 6.45) is 6.30. The normalized spacial score (nSPS) is 11.2. The lowest BCUT2D eigenvalue weighted by Gasteiger charge is -2.10. The van der Waals surface area contributed by atoms with E-state index in [1.165, 1.54) is 42.1 Å². The molecule has 1 aromatic heterocycles. The minimum atomic E-state index is 1.12. The van der Waals surface area contributed by atoms with E-state index < -0.39 is 0 Å². The van der Waals surface area contributed by atoms with E-state index in [1.54, 1.807) is 0 Å². The summed E-state index contributed by atoms with van der Waals surface area (Å²) in [4.78, 5) is 0. The first-order chi connectivity index (χ1) is 12.2. The van der Waals surface area contributed by atoms with E-state index in [0.717, 1.165) is 4.47 Å². The number of thiophene rings is 1. The van der Waals surface area contributed by atoms with Crippen LogP contribution >= 0.6 is 27.3 Å². The van der Waals surface area contributed by atoms with Crippen molar-refractivity contribution in [1.29, 1.82) is 0 Å². The van der Waals surface area contributed by atoms with Crippen LogP contribution in [-0.4, -0.2) is 0 Å². The summed E-state index contributed by atoms with van der Waals surface area (Å²) < 4.78 is 3.77. The summed E-state index contributed by atoms with van der Waals surface area (Å²) in [5.74, 6) is 0. The second kappa shape index (κ2) is 7.55. The maximum Gasteiger partial charge on any atom is 0.0440 e. The van der Waals surface area contributed by atoms with Crippen molar-refractivity contribution in [2.75, 3.05) is 0 Å². The summed E-state index contributed by atoms with van der Waals surface area (Å²) in [5.41, 5.74) is 2.48. The highest BCUT2D eigenvalue weighted by molar-refractivity contribution is 9.10. The second-order valence-electron chi connectivity index (χ2n) is 5.52. The first-order valence-electron chi connectivity index (χ1n) is 8.56. The van der Waals surface area contributed by atoms with Gasteiger partial charge in [0.1, 0.15) is 0 Å². The maximum atomic E-state index is 4.10. The number of benzene rings is 3. The molecule has 0 aliphatic rings. The quantitative estimate of drug-likeness (QED) is 0.311. The Hall–Kier alpha value is -1.90. The lowest BCUT2D eigenvalue weighted by atomic mass is 9.93. The summed E-state index contributed by atoms with van der Waals surface area (Å²) in [7, 11) is 0. The van der Waals surface area contributed by atoms with E-state index in [0.29, 0.717) is 0 Å². The molecule has 0 nitrogen and oxygen atoms in total. The Labute approximate surface area is 161 Å². The lowest BCUT2D eigenvalue weighted by Crippen LogP contribution is -1.86. The van der Waals surface area contributed by atoms with E-state index in [9.17, 15) is 0 Å². The molecule has 0 radical (unpaired) electrons. The van der Waals surface area contributed by atoms with Gasteiger partial charge >= 0.3 is 0 Å². The molecule has 3 aromatic carbocycles. The zero-order valence-electron chi connectivity index (χ0n) is 14.8. The number of hydrogen-bond donors (Lipinski definition) is 0. The summed E-state index contributed by atoms with van der Waals surface area (Å²) in [6, 6.07) is 15.2. The molecule has 0 saturated heterocycles. The molecule has 0 bridgehead atoms. The Morgan fingerprint density at radius 2 is 1.68 bits per heavy atom. The molecular weight excluding hydrogens is 388 g/mol. The van der Waals surface area contributed by atoms with E-state index in [1.807, 2.05) is 31.3 Å². The standard InChI is InChI=1S/C21H15BrS.C2H6/c1-3-7-15-14(4-2)20-18-11-10-13(22)12-19(18)23-21(20)17-9-6-5-8-16(15)17;1-2/h3-12H,2H2,1H3;1-2H3/b7-3-;. The Morgan fingerprint density at radius 1 is 0.960 bits per heavy atom. The van der Waals surface area contributed by atoms with Gasteiger partial charge in [0.25, 0.3) is 0 Å². The third-order valence-corrected chi connectivity index (χ3v) is 5.89. The minimum absolute atomic E-state index is 1.12. The first kappa shape index (κ1) is 17.9. The van der Waals surface area contributed by atoms with Crippen LogP contribution < -0.4 is 0 Å². The minimum Gasteiger partial charge on any atom is -0.134 e. The van der Waals surface area contributed by atoms with Gasteiger partial charge in [-0.25, -0.2) is 0 Å². The van der Waals surface area contributed by atoms with Crippen LogP contribution in [0.3, 0.4) is 0 Å². The van der Waals surface area contributed by atoms with Crippen LogP contribution in [0.5, 0.6) is 0 Å². The summed E-state index contributed by atoms with van der Waals surface area (Å²) in [6.45, 7) is 10.2. The Balaban J connectivity index is 0.000000880. The molecular formula is C23H21BrS. The number of hydrogen-bond acceptors (Lipinski definition) is 1. The number of fused-ring (bicyclic) bond motifs is 5. The molecule has 0 spiro atoms.